The Balaban J connectivity index is 3.44. The van der Waals surface area contributed by atoms with Crippen molar-refractivity contribution in [2.45, 2.75) is 39.5 Å². The van der Waals surface area contributed by atoms with Gasteiger partial charge in [0.05, 0.1) is 0 Å². The SMILES string of the molecule is C=C(C)C(CN)CCCCC. The monoisotopic (exact) mass is 155 g/mol. The van der Waals surface area contributed by atoms with E-state index in [4.69, 9.17) is 5.73 Å². The van der Waals surface area contributed by atoms with Crippen molar-refractivity contribution in [3.63, 3.8) is 0 Å². The molecule has 0 fully saturated rings. The summed E-state index contributed by atoms with van der Waals surface area (Å²) in [5.41, 5.74) is 6.83. The van der Waals surface area contributed by atoms with Crippen molar-refractivity contribution in [2.24, 2.45) is 11.7 Å². The molecule has 0 aliphatic rings. The highest BCUT2D eigenvalue weighted by molar-refractivity contribution is 4.96. The third-order valence-electron chi connectivity index (χ3n) is 2.14. The minimum absolute atomic E-state index is 0.557. The smallest absolute Gasteiger partial charge is 0.00117 e. The minimum Gasteiger partial charge on any atom is -0.330 e. The fourth-order valence-corrected chi connectivity index (χ4v) is 1.21. The van der Waals surface area contributed by atoms with Gasteiger partial charge in [0.25, 0.3) is 0 Å². The largest absolute Gasteiger partial charge is 0.330 e. The van der Waals surface area contributed by atoms with E-state index < -0.39 is 0 Å². The molecule has 0 radical (unpaired) electrons. The van der Waals surface area contributed by atoms with E-state index in [-0.39, 0.29) is 0 Å². The van der Waals surface area contributed by atoms with Crippen LogP contribution >= 0.6 is 0 Å². The first-order valence-corrected chi connectivity index (χ1v) is 4.57. The fraction of sp³-hybridized carbons (Fsp3) is 0.800. The summed E-state index contributed by atoms with van der Waals surface area (Å²) in [6, 6.07) is 0. The van der Waals surface area contributed by atoms with Gasteiger partial charge in [0, 0.05) is 0 Å². The average molecular weight is 155 g/mol. The number of nitrogens with two attached hydrogens (primary N) is 1. The number of hydrogen-bond acceptors (Lipinski definition) is 1. The molecule has 0 aliphatic heterocycles. The van der Waals surface area contributed by atoms with Crippen molar-refractivity contribution in [2.75, 3.05) is 6.54 Å². The van der Waals surface area contributed by atoms with Gasteiger partial charge in [-0.05, 0) is 25.8 Å². The van der Waals surface area contributed by atoms with Gasteiger partial charge < -0.3 is 5.73 Å². The maximum absolute atomic E-state index is 5.60. The summed E-state index contributed by atoms with van der Waals surface area (Å²) in [7, 11) is 0. The van der Waals surface area contributed by atoms with Crippen molar-refractivity contribution in [1.29, 1.82) is 0 Å². The standard InChI is InChI=1S/C10H21N/c1-4-5-6-7-10(8-11)9(2)3/h10H,2,4-8,11H2,1,3H3. The lowest BCUT2D eigenvalue weighted by Gasteiger charge is -2.13. The zero-order chi connectivity index (χ0) is 8.69. The second kappa shape index (κ2) is 6.41. The van der Waals surface area contributed by atoms with Crippen LogP contribution in [0.25, 0.3) is 0 Å². The molecule has 0 aromatic heterocycles. The molecule has 0 saturated carbocycles. The van der Waals surface area contributed by atoms with Gasteiger partial charge in [-0.15, -0.1) is 0 Å². The Morgan fingerprint density at radius 1 is 1.45 bits per heavy atom. The van der Waals surface area contributed by atoms with Crippen molar-refractivity contribution in [3.05, 3.63) is 12.2 Å². The Labute approximate surface area is 70.7 Å². The van der Waals surface area contributed by atoms with Crippen LogP contribution in [0, 0.1) is 5.92 Å². The van der Waals surface area contributed by atoms with Crippen molar-refractivity contribution in [3.8, 4) is 0 Å². The topological polar surface area (TPSA) is 26.0 Å². The third kappa shape index (κ3) is 5.02. The summed E-state index contributed by atoms with van der Waals surface area (Å²) in [4.78, 5) is 0. The Bertz CT molecular complexity index is 107. The first kappa shape index (κ1) is 10.7. The van der Waals surface area contributed by atoms with Gasteiger partial charge in [-0.3, -0.25) is 0 Å². The maximum Gasteiger partial charge on any atom is -0.00117 e. The molecule has 0 bridgehead atoms. The zero-order valence-electron chi connectivity index (χ0n) is 7.90. The highest BCUT2D eigenvalue weighted by Crippen LogP contribution is 2.15. The Hall–Kier alpha value is -0.300. The van der Waals surface area contributed by atoms with E-state index >= 15 is 0 Å². The van der Waals surface area contributed by atoms with Gasteiger partial charge >= 0.3 is 0 Å². The quantitative estimate of drug-likeness (QED) is 0.463. The Morgan fingerprint density at radius 3 is 2.45 bits per heavy atom. The lowest BCUT2D eigenvalue weighted by molar-refractivity contribution is 0.526. The molecular weight excluding hydrogens is 134 g/mol. The summed E-state index contributed by atoms with van der Waals surface area (Å²) >= 11 is 0. The van der Waals surface area contributed by atoms with E-state index in [9.17, 15) is 0 Å². The first-order valence-electron chi connectivity index (χ1n) is 4.57. The third-order valence-corrected chi connectivity index (χ3v) is 2.14. The molecule has 0 spiro atoms. The number of unbranched alkanes of at least 4 members (excludes halogenated alkanes) is 2. The van der Waals surface area contributed by atoms with Gasteiger partial charge in [-0.1, -0.05) is 38.3 Å². The lowest BCUT2D eigenvalue weighted by atomic mass is 9.95. The molecule has 66 valence electrons. The molecule has 0 saturated heterocycles. The molecule has 1 unspecified atom stereocenters. The number of hydrogen-bond donors (Lipinski definition) is 1. The van der Waals surface area contributed by atoms with Crippen LogP contribution in [0.15, 0.2) is 12.2 Å². The van der Waals surface area contributed by atoms with Crippen LogP contribution in [-0.4, -0.2) is 6.54 Å². The molecule has 0 aromatic carbocycles. The van der Waals surface area contributed by atoms with E-state index in [2.05, 4.69) is 20.4 Å². The van der Waals surface area contributed by atoms with Crippen LogP contribution in [0.1, 0.15) is 39.5 Å². The molecule has 0 amide bonds. The van der Waals surface area contributed by atoms with E-state index in [1.807, 2.05) is 0 Å². The Morgan fingerprint density at radius 2 is 2.09 bits per heavy atom. The van der Waals surface area contributed by atoms with Crippen LogP contribution in [0.3, 0.4) is 0 Å². The predicted molar refractivity (Wildman–Crippen MR) is 51.5 cm³/mol. The van der Waals surface area contributed by atoms with Crippen LogP contribution in [0.5, 0.6) is 0 Å². The van der Waals surface area contributed by atoms with Crippen molar-refractivity contribution < 1.29 is 0 Å². The van der Waals surface area contributed by atoms with Gasteiger partial charge in [-0.2, -0.15) is 0 Å². The van der Waals surface area contributed by atoms with E-state index in [1.54, 1.807) is 0 Å². The van der Waals surface area contributed by atoms with Crippen LogP contribution in [-0.2, 0) is 0 Å². The molecule has 0 aromatic rings. The summed E-state index contributed by atoms with van der Waals surface area (Å²) in [6.45, 7) is 8.98. The molecule has 2 N–H and O–H groups in total. The summed E-state index contributed by atoms with van der Waals surface area (Å²) in [5.74, 6) is 0.557. The van der Waals surface area contributed by atoms with Crippen LogP contribution in [0.4, 0.5) is 0 Å². The van der Waals surface area contributed by atoms with Crippen LogP contribution in [0.2, 0.25) is 0 Å². The van der Waals surface area contributed by atoms with E-state index in [1.165, 1.54) is 31.3 Å². The Kier molecular flexibility index (Phi) is 6.24. The maximum atomic E-state index is 5.60. The molecule has 0 heterocycles. The zero-order valence-corrected chi connectivity index (χ0v) is 7.90. The van der Waals surface area contributed by atoms with Gasteiger partial charge in [0.2, 0.25) is 0 Å². The summed E-state index contributed by atoms with van der Waals surface area (Å²) in [5, 5.41) is 0. The summed E-state index contributed by atoms with van der Waals surface area (Å²) in [6.07, 6.45) is 5.13. The van der Waals surface area contributed by atoms with E-state index in [0.717, 1.165) is 6.54 Å². The second-order valence-corrected chi connectivity index (χ2v) is 3.27. The predicted octanol–water partition coefficient (Wildman–Crippen LogP) is 2.72. The fourth-order valence-electron chi connectivity index (χ4n) is 1.21. The summed E-state index contributed by atoms with van der Waals surface area (Å²) < 4.78 is 0. The molecule has 1 heteroatoms. The number of rotatable bonds is 6. The normalized spacial score (nSPS) is 13.0. The highest BCUT2D eigenvalue weighted by atomic mass is 14.5. The molecule has 1 atom stereocenters. The van der Waals surface area contributed by atoms with Gasteiger partial charge in [-0.25, -0.2) is 0 Å². The highest BCUT2D eigenvalue weighted by Gasteiger charge is 2.05. The van der Waals surface area contributed by atoms with Crippen molar-refractivity contribution >= 4 is 0 Å². The lowest BCUT2D eigenvalue weighted by Crippen LogP contribution is -2.14. The second-order valence-electron chi connectivity index (χ2n) is 3.27. The molecule has 11 heavy (non-hydrogen) atoms. The van der Waals surface area contributed by atoms with Gasteiger partial charge in [0.1, 0.15) is 0 Å². The molecule has 0 aliphatic carbocycles. The van der Waals surface area contributed by atoms with Gasteiger partial charge in [0.15, 0.2) is 0 Å². The average Bonchev–Trinajstić information content (AvgIpc) is 1.97. The molecule has 0 rings (SSSR count). The van der Waals surface area contributed by atoms with Crippen LogP contribution < -0.4 is 5.73 Å². The van der Waals surface area contributed by atoms with E-state index in [0.29, 0.717) is 5.92 Å². The molecular formula is C10H21N. The molecule has 1 nitrogen and oxygen atoms in total. The first-order chi connectivity index (χ1) is 5.22. The van der Waals surface area contributed by atoms with Crippen molar-refractivity contribution in [1.82, 2.24) is 0 Å². The minimum atomic E-state index is 0.557.